The summed E-state index contributed by atoms with van der Waals surface area (Å²) in [5.74, 6) is 0.439. The summed E-state index contributed by atoms with van der Waals surface area (Å²) in [5.41, 5.74) is 7.36. The number of carbonyl (C=O) groups is 1. The van der Waals surface area contributed by atoms with E-state index in [4.69, 9.17) is 22.1 Å². The molecule has 0 radical (unpaired) electrons. The van der Waals surface area contributed by atoms with Crippen molar-refractivity contribution in [3.8, 4) is 5.75 Å². The van der Waals surface area contributed by atoms with Gasteiger partial charge >= 0.3 is 0 Å². The van der Waals surface area contributed by atoms with E-state index < -0.39 is 0 Å². The molecule has 0 fully saturated rings. The fourth-order valence-corrected chi connectivity index (χ4v) is 2.00. The first-order chi connectivity index (χ1) is 8.97. The number of aryl methyl sites for hydroxylation is 1. The molecule has 1 unspecified atom stereocenters. The SMILES string of the molecule is CCCC(N)CC(=O)Nc1cc(C)c(Cl)cc1OC. The molecule has 3 N–H and O–H groups in total. The predicted molar refractivity (Wildman–Crippen MR) is 78.9 cm³/mol. The van der Waals surface area contributed by atoms with Crippen LogP contribution in [0.25, 0.3) is 0 Å². The van der Waals surface area contributed by atoms with Crippen LogP contribution < -0.4 is 15.8 Å². The average molecular weight is 285 g/mol. The van der Waals surface area contributed by atoms with Gasteiger partial charge in [-0.05, 0) is 25.0 Å². The van der Waals surface area contributed by atoms with Crippen LogP contribution in [0.2, 0.25) is 5.02 Å². The summed E-state index contributed by atoms with van der Waals surface area (Å²) in [4.78, 5) is 11.9. The lowest BCUT2D eigenvalue weighted by Gasteiger charge is -2.14. The maximum absolute atomic E-state index is 11.9. The lowest BCUT2D eigenvalue weighted by atomic mass is 10.1. The van der Waals surface area contributed by atoms with Crippen LogP contribution in [0, 0.1) is 6.92 Å². The van der Waals surface area contributed by atoms with Crippen LogP contribution in [0.1, 0.15) is 31.7 Å². The molecule has 1 atom stereocenters. The number of hydrogen-bond acceptors (Lipinski definition) is 3. The van der Waals surface area contributed by atoms with E-state index in [2.05, 4.69) is 5.32 Å². The van der Waals surface area contributed by atoms with Gasteiger partial charge in [-0.3, -0.25) is 4.79 Å². The number of rotatable bonds is 6. The number of ether oxygens (including phenoxy) is 1. The highest BCUT2D eigenvalue weighted by Crippen LogP contribution is 2.31. The summed E-state index contributed by atoms with van der Waals surface area (Å²) >= 11 is 6.01. The number of anilines is 1. The van der Waals surface area contributed by atoms with E-state index >= 15 is 0 Å². The highest BCUT2D eigenvalue weighted by molar-refractivity contribution is 6.31. The fraction of sp³-hybridized carbons (Fsp3) is 0.500. The minimum Gasteiger partial charge on any atom is -0.495 e. The molecule has 19 heavy (non-hydrogen) atoms. The van der Waals surface area contributed by atoms with Crippen molar-refractivity contribution in [1.82, 2.24) is 0 Å². The van der Waals surface area contributed by atoms with Crippen molar-refractivity contribution in [2.75, 3.05) is 12.4 Å². The number of methoxy groups -OCH3 is 1. The molecular weight excluding hydrogens is 264 g/mol. The number of halogens is 1. The average Bonchev–Trinajstić information content (AvgIpc) is 2.33. The minimum absolute atomic E-state index is 0.107. The third-order valence-electron chi connectivity index (χ3n) is 2.86. The molecule has 0 saturated carbocycles. The topological polar surface area (TPSA) is 64.4 Å². The molecule has 4 nitrogen and oxygen atoms in total. The van der Waals surface area contributed by atoms with Gasteiger partial charge in [0.2, 0.25) is 5.91 Å². The van der Waals surface area contributed by atoms with Gasteiger partial charge in [0.05, 0.1) is 12.8 Å². The van der Waals surface area contributed by atoms with Crippen LogP contribution in [0.4, 0.5) is 5.69 Å². The Hall–Kier alpha value is -1.26. The molecule has 0 aliphatic rings. The number of benzene rings is 1. The first kappa shape index (κ1) is 15.8. The number of hydrogen-bond donors (Lipinski definition) is 2. The molecule has 0 heterocycles. The monoisotopic (exact) mass is 284 g/mol. The highest BCUT2D eigenvalue weighted by Gasteiger charge is 2.13. The number of nitrogens with two attached hydrogens (primary N) is 1. The second kappa shape index (κ2) is 7.36. The van der Waals surface area contributed by atoms with E-state index in [0.29, 0.717) is 22.9 Å². The molecule has 5 heteroatoms. The quantitative estimate of drug-likeness (QED) is 0.843. The standard InChI is InChI=1S/C14H21ClN2O2/c1-4-5-10(16)7-14(18)17-12-6-9(2)11(15)8-13(12)19-3/h6,8,10H,4-5,7,16H2,1-3H3,(H,17,18). The molecule has 0 aliphatic heterocycles. The molecule has 0 aliphatic carbocycles. The van der Waals surface area contributed by atoms with Crippen molar-refractivity contribution in [1.29, 1.82) is 0 Å². The molecule has 0 spiro atoms. The minimum atomic E-state index is -0.110. The Morgan fingerprint density at radius 2 is 2.21 bits per heavy atom. The third kappa shape index (κ3) is 4.73. The summed E-state index contributed by atoms with van der Waals surface area (Å²) in [5, 5.41) is 3.43. The van der Waals surface area contributed by atoms with Crippen LogP contribution in [0.5, 0.6) is 5.75 Å². The van der Waals surface area contributed by atoms with Gasteiger partial charge in [-0.1, -0.05) is 24.9 Å². The number of carbonyl (C=O) groups excluding carboxylic acids is 1. The molecule has 0 aromatic heterocycles. The Kier molecular flexibility index (Phi) is 6.12. The van der Waals surface area contributed by atoms with E-state index in [1.807, 2.05) is 13.8 Å². The van der Waals surface area contributed by atoms with Crippen LogP contribution >= 0.6 is 11.6 Å². The van der Waals surface area contributed by atoms with E-state index in [-0.39, 0.29) is 11.9 Å². The Morgan fingerprint density at radius 3 is 2.79 bits per heavy atom. The summed E-state index contributed by atoms with van der Waals surface area (Å²) < 4.78 is 5.20. The Labute approximate surface area is 119 Å². The second-order valence-electron chi connectivity index (χ2n) is 4.60. The number of nitrogens with one attached hydrogen (secondary N) is 1. The van der Waals surface area contributed by atoms with E-state index in [0.717, 1.165) is 18.4 Å². The van der Waals surface area contributed by atoms with Gasteiger partial charge in [-0.2, -0.15) is 0 Å². The van der Waals surface area contributed by atoms with Crippen LogP contribution in [0.3, 0.4) is 0 Å². The molecule has 1 aromatic carbocycles. The van der Waals surface area contributed by atoms with Gasteiger partial charge in [0.25, 0.3) is 0 Å². The van der Waals surface area contributed by atoms with Crippen LogP contribution in [0.15, 0.2) is 12.1 Å². The zero-order chi connectivity index (χ0) is 14.4. The first-order valence-corrected chi connectivity index (χ1v) is 6.75. The van der Waals surface area contributed by atoms with Gasteiger partial charge in [0.1, 0.15) is 5.75 Å². The van der Waals surface area contributed by atoms with Gasteiger partial charge in [-0.15, -0.1) is 0 Å². The Balaban J connectivity index is 2.76. The maximum Gasteiger partial charge on any atom is 0.226 e. The van der Waals surface area contributed by atoms with Crippen LogP contribution in [-0.2, 0) is 4.79 Å². The molecule has 1 amide bonds. The van der Waals surface area contributed by atoms with Crippen LogP contribution in [-0.4, -0.2) is 19.1 Å². The molecule has 0 saturated heterocycles. The lowest BCUT2D eigenvalue weighted by Crippen LogP contribution is -2.27. The maximum atomic E-state index is 11.9. The Morgan fingerprint density at radius 1 is 1.53 bits per heavy atom. The Bertz CT molecular complexity index is 449. The summed E-state index contributed by atoms with van der Waals surface area (Å²) in [6.07, 6.45) is 2.11. The zero-order valence-electron chi connectivity index (χ0n) is 11.6. The molecule has 1 aromatic rings. The van der Waals surface area contributed by atoms with Gasteiger partial charge in [-0.25, -0.2) is 0 Å². The van der Waals surface area contributed by atoms with E-state index in [1.165, 1.54) is 0 Å². The number of amides is 1. The van der Waals surface area contributed by atoms with Crippen molar-refractivity contribution in [2.24, 2.45) is 5.73 Å². The highest BCUT2D eigenvalue weighted by atomic mass is 35.5. The predicted octanol–water partition coefficient (Wildman–Crippen LogP) is 3.11. The first-order valence-electron chi connectivity index (χ1n) is 6.37. The van der Waals surface area contributed by atoms with Crippen molar-refractivity contribution >= 4 is 23.2 Å². The van der Waals surface area contributed by atoms with Gasteiger partial charge in [0.15, 0.2) is 0 Å². The van der Waals surface area contributed by atoms with E-state index in [1.54, 1.807) is 19.2 Å². The molecule has 0 bridgehead atoms. The molecular formula is C14H21ClN2O2. The van der Waals surface area contributed by atoms with Crippen molar-refractivity contribution in [3.05, 3.63) is 22.7 Å². The van der Waals surface area contributed by atoms with Crippen molar-refractivity contribution < 1.29 is 9.53 Å². The summed E-state index contributed by atoms with van der Waals surface area (Å²) in [7, 11) is 1.54. The van der Waals surface area contributed by atoms with Crippen molar-refractivity contribution in [2.45, 2.75) is 39.2 Å². The molecule has 1 rings (SSSR count). The zero-order valence-corrected chi connectivity index (χ0v) is 12.4. The fourth-order valence-electron chi connectivity index (χ4n) is 1.84. The summed E-state index contributed by atoms with van der Waals surface area (Å²) in [6, 6.07) is 3.38. The normalized spacial score (nSPS) is 12.1. The lowest BCUT2D eigenvalue weighted by molar-refractivity contribution is -0.116. The van der Waals surface area contributed by atoms with Gasteiger partial charge < -0.3 is 15.8 Å². The summed E-state index contributed by atoms with van der Waals surface area (Å²) in [6.45, 7) is 3.92. The van der Waals surface area contributed by atoms with Crippen molar-refractivity contribution in [3.63, 3.8) is 0 Å². The second-order valence-corrected chi connectivity index (χ2v) is 5.01. The largest absolute Gasteiger partial charge is 0.495 e. The third-order valence-corrected chi connectivity index (χ3v) is 3.27. The van der Waals surface area contributed by atoms with E-state index in [9.17, 15) is 4.79 Å². The van der Waals surface area contributed by atoms with Gasteiger partial charge in [0, 0.05) is 23.6 Å². The molecule has 106 valence electrons. The smallest absolute Gasteiger partial charge is 0.226 e.